The summed E-state index contributed by atoms with van der Waals surface area (Å²) in [6.45, 7) is 1.44. The number of carbonyl (C=O) groups excluding carboxylic acids is 1. The topological polar surface area (TPSA) is 84.2 Å². The highest BCUT2D eigenvalue weighted by Gasteiger charge is 2.24. The minimum Gasteiger partial charge on any atom is -0.480 e. The second kappa shape index (κ2) is 5.20. The van der Waals surface area contributed by atoms with Gasteiger partial charge in [0.2, 0.25) is 0 Å². The molecule has 2 rings (SSSR count). The van der Waals surface area contributed by atoms with Crippen molar-refractivity contribution in [3.05, 3.63) is 18.0 Å². The van der Waals surface area contributed by atoms with Gasteiger partial charge in [0.1, 0.15) is 11.7 Å². The Kier molecular flexibility index (Phi) is 3.64. The second-order valence-corrected chi connectivity index (χ2v) is 4.63. The lowest BCUT2D eigenvalue weighted by Gasteiger charge is -2.15. The van der Waals surface area contributed by atoms with Crippen molar-refractivity contribution in [2.75, 3.05) is 0 Å². The lowest BCUT2D eigenvalue weighted by molar-refractivity contribution is -0.138. The Morgan fingerprint density at radius 3 is 2.78 bits per heavy atom. The van der Waals surface area contributed by atoms with E-state index in [2.05, 4.69) is 10.4 Å². The Morgan fingerprint density at radius 1 is 1.50 bits per heavy atom. The van der Waals surface area contributed by atoms with Crippen LogP contribution >= 0.6 is 0 Å². The van der Waals surface area contributed by atoms with Gasteiger partial charge < -0.3 is 10.4 Å². The molecular formula is C12H17N3O3. The number of nitrogens with zero attached hydrogens (tertiary/aromatic N) is 2. The van der Waals surface area contributed by atoms with Crippen molar-refractivity contribution in [3.63, 3.8) is 0 Å². The van der Waals surface area contributed by atoms with Crippen LogP contribution in [0.4, 0.5) is 0 Å². The van der Waals surface area contributed by atoms with E-state index in [0.29, 0.717) is 5.69 Å². The van der Waals surface area contributed by atoms with Crippen LogP contribution in [0.1, 0.15) is 49.1 Å². The number of carboxylic acids is 1. The molecule has 1 amide bonds. The molecular weight excluding hydrogens is 234 g/mol. The lowest BCUT2D eigenvalue weighted by atomic mass is 10.2. The van der Waals surface area contributed by atoms with Gasteiger partial charge in [0.15, 0.2) is 0 Å². The molecule has 0 aromatic carbocycles. The third-order valence-electron chi connectivity index (χ3n) is 3.29. The number of carbonyl (C=O) groups is 2. The molecule has 18 heavy (non-hydrogen) atoms. The third kappa shape index (κ3) is 2.52. The van der Waals surface area contributed by atoms with Crippen molar-refractivity contribution in [1.29, 1.82) is 0 Å². The summed E-state index contributed by atoms with van der Waals surface area (Å²) in [5.41, 5.74) is 0.440. The van der Waals surface area contributed by atoms with Crippen LogP contribution < -0.4 is 5.32 Å². The number of amides is 1. The summed E-state index contributed by atoms with van der Waals surface area (Å²) in [6, 6.07) is 0.993. The first kappa shape index (κ1) is 12.6. The Hall–Kier alpha value is -1.85. The molecule has 6 heteroatoms. The van der Waals surface area contributed by atoms with Crippen molar-refractivity contribution in [1.82, 2.24) is 15.1 Å². The van der Waals surface area contributed by atoms with Gasteiger partial charge in [0.25, 0.3) is 5.91 Å². The monoisotopic (exact) mass is 251 g/mol. The van der Waals surface area contributed by atoms with Crippen LogP contribution in [0.2, 0.25) is 0 Å². The highest BCUT2D eigenvalue weighted by molar-refractivity contribution is 5.95. The van der Waals surface area contributed by atoms with Gasteiger partial charge in [0, 0.05) is 6.20 Å². The minimum atomic E-state index is -1.05. The first-order valence-electron chi connectivity index (χ1n) is 6.17. The first-order valence-corrected chi connectivity index (χ1v) is 6.17. The maximum absolute atomic E-state index is 12.0. The van der Waals surface area contributed by atoms with Gasteiger partial charge in [-0.2, -0.15) is 5.10 Å². The van der Waals surface area contributed by atoms with E-state index < -0.39 is 12.0 Å². The van der Waals surface area contributed by atoms with E-state index in [0.717, 1.165) is 25.7 Å². The molecule has 0 aliphatic heterocycles. The first-order chi connectivity index (χ1) is 8.59. The summed E-state index contributed by atoms with van der Waals surface area (Å²) >= 11 is 0. The zero-order chi connectivity index (χ0) is 13.1. The van der Waals surface area contributed by atoms with E-state index in [1.165, 1.54) is 6.92 Å². The fraction of sp³-hybridized carbons (Fsp3) is 0.583. The van der Waals surface area contributed by atoms with E-state index in [1.807, 2.05) is 0 Å². The quantitative estimate of drug-likeness (QED) is 0.842. The Bertz CT molecular complexity index is 449. The van der Waals surface area contributed by atoms with Crippen LogP contribution in [0.25, 0.3) is 0 Å². The van der Waals surface area contributed by atoms with Gasteiger partial charge in [-0.05, 0) is 25.8 Å². The van der Waals surface area contributed by atoms with Gasteiger partial charge in [0.05, 0.1) is 6.04 Å². The predicted octanol–water partition coefficient (Wildman–Crippen LogP) is 1.20. The Morgan fingerprint density at radius 2 is 2.17 bits per heavy atom. The number of hydrogen-bond donors (Lipinski definition) is 2. The number of aliphatic carboxylic acids is 1. The van der Waals surface area contributed by atoms with E-state index in [4.69, 9.17) is 5.11 Å². The molecule has 0 bridgehead atoms. The van der Waals surface area contributed by atoms with Crippen LogP contribution in [-0.2, 0) is 4.79 Å². The summed E-state index contributed by atoms with van der Waals surface area (Å²) in [4.78, 5) is 22.7. The van der Waals surface area contributed by atoms with Crippen molar-refractivity contribution >= 4 is 11.9 Å². The third-order valence-corrected chi connectivity index (χ3v) is 3.29. The van der Waals surface area contributed by atoms with Crippen molar-refractivity contribution in [2.45, 2.75) is 44.7 Å². The van der Waals surface area contributed by atoms with Crippen LogP contribution in [-0.4, -0.2) is 32.8 Å². The van der Waals surface area contributed by atoms with Crippen LogP contribution in [0, 0.1) is 0 Å². The predicted molar refractivity (Wildman–Crippen MR) is 64.3 cm³/mol. The summed E-state index contributed by atoms with van der Waals surface area (Å²) < 4.78 is 1.72. The summed E-state index contributed by atoms with van der Waals surface area (Å²) in [5, 5.41) is 15.4. The van der Waals surface area contributed by atoms with E-state index in [9.17, 15) is 9.59 Å². The average Bonchev–Trinajstić information content (AvgIpc) is 2.99. The van der Waals surface area contributed by atoms with E-state index >= 15 is 0 Å². The largest absolute Gasteiger partial charge is 0.480 e. The molecule has 1 aliphatic carbocycles. The molecule has 0 spiro atoms. The summed E-state index contributed by atoms with van der Waals surface area (Å²) in [7, 11) is 0. The zero-order valence-electron chi connectivity index (χ0n) is 10.3. The van der Waals surface area contributed by atoms with Gasteiger partial charge in [-0.3, -0.25) is 14.3 Å². The molecule has 0 saturated heterocycles. The highest BCUT2D eigenvalue weighted by Crippen LogP contribution is 2.29. The number of carboxylic acid groups (broad SMARTS) is 1. The molecule has 1 aliphatic rings. The van der Waals surface area contributed by atoms with E-state index in [1.54, 1.807) is 16.9 Å². The molecule has 1 heterocycles. The average molecular weight is 251 g/mol. The number of rotatable bonds is 4. The number of nitrogens with one attached hydrogen (secondary N) is 1. The fourth-order valence-corrected chi connectivity index (χ4v) is 2.27. The van der Waals surface area contributed by atoms with Gasteiger partial charge >= 0.3 is 5.97 Å². The zero-order valence-corrected chi connectivity index (χ0v) is 10.3. The summed E-state index contributed by atoms with van der Waals surface area (Å²) in [5.74, 6) is -1.43. The normalized spacial score (nSPS) is 17.6. The molecule has 2 N–H and O–H groups in total. The maximum atomic E-state index is 12.0. The van der Waals surface area contributed by atoms with Gasteiger partial charge in [-0.15, -0.1) is 0 Å². The molecule has 1 aromatic heterocycles. The van der Waals surface area contributed by atoms with Gasteiger partial charge in [-0.1, -0.05) is 12.8 Å². The minimum absolute atomic E-state index is 0.265. The SMILES string of the molecule is C[C@H](NC(=O)c1ccnn1C1CCCC1)C(=O)O. The van der Waals surface area contributed by atoms with Crippen molar-refractivity contribution in [3.8, 4) is 0 Å². The van der Waals surface area contributed by atoms with Crippen molar-refractivity contribution in [2.24, 2.45) is 0 Å². The molecule has 1 saturated carbocycles. The van der Waals surface area contributed by atoms with Gasteiger partial charge in [-0.25, -0.2) is 0 Å². The molecule has 6 nitrogen and oxygen atoms in total. The molecule has 1 fully saturated rings. The van der Waals surface area contributed by atoms with Crippen LogP contribution in [0.15, 0.2) is 12.3 Å². The molecule has 1 aromatic rings. The number of hydrogen-bond acceptors (Lipinski definition) is 3. The molecule has 98 valence electrons. The number of aromatic nitrogens is 2. The summed E-state index contributed by atoms with van der Waals surface area (Å²) in [6.07, 6.45) is 5.93. The lowest BCUT2D eigenvalue weighted by Crippen LogP contribution is -2.39. The highest BCUT2D eigenvalue weighted by atomic mass is 16.4. The molecule has 0 radical (unpaired) electrons. The van der Waals surface area contributed by atoms with E-state index in [-0.39, 0.29) is 11.9 Å². The van der Waals surface area contributed by atoms with Crippen LogP contribution in [0.5, 0.6) is 0 Å². The molecule has 1 atom stereocenters. The smallest absolute Gasteiger partial charge is 0.325 e. The Balaban J connectivity index is 2.10. The van der Waals surface area contributed by atoms with Crippen molar-refractivity contribution < 1.29 is 14.7 Å². The maximum Gasteiger partial charge on any atom is 0.325 e. The van der Waals surface area contributed by atoms with Crippen LogP contribution in [0.3, 0.4) is 0 Å². The fourth-order valence-electron chi connectivity index (χ4n) is 2.27. The Labute approximate surface area is 105 Å². The standard InChI is InChI=1S/C12H17N3O3/c1-8(12(17)18)14-11(16)10-6-7-13-15(10)9-4-2-3-5-9/h6-9H,2-5H2,1H3,(H,14,16)(H,17,18)/t8-/m0/s1. The second-order valence-electron chi connectivity index (χ2n) is 4.63. The molecule has 0 unspecified atom stereocenters.